The largest absolute Gasteiger partial charge is 0.508 e. The predicted octanol–water partition coefficient (Wildman–Crippen LogP) is 5.51. The summed E-state index contributed by atoms with van der Waals surface area (Å²) < 4.78 is 12.2. The first-order valence-electron chi connectivity index (χ1n) is 10.1. The van der Waals surface area contributed by atoms with E-state index in [0.717, 1.165) is 40.2 Å². The van der Waals surface area contributed by atoms with Crippen molar-refractivity contribution in [1.82, 2.24) is 0 Å². The van der Waals surface area contributed by atoms with Crippen molar-refractivity contribution in [3.8, 4) is 23.0 Å². The number of allylic oxidation sites excluding steroid dienone is 2. The number of aromatic hydroxyl groups is 2. The van der Waals surface area contributed by atoms with E-state index in [4.69, 9.17) is 9.47 Å². The molecule has 0 spiro atoms. The van der Waals surface area contributed by atoms with Crippen LogP contribution in [0.3, 0.4) is 0 Å². The molecule has 2 heterocycles. The van der Waals surface area contributed by atoms with E-state index in [9.17, 15) is 10.2 Å². The molecule has 2 aliphatic heterocycles. The van der Waals surface area contributed by atoms with Crippen LogP contribution in [-0.2, 0) is 12.8 Å². The lowest BCUT2D eigenvalue weighted by Gasteiger charge is -2.32. The van der Waals surface area contributed by atoms with Gasteiger partial charge in [0.2, 0.25) is 0 Å². The fraction of sp³-hybridized carbons (Fsp3) is 0.360. The van der Waals surface area contributed by atoms with Crippen LogP contribution in [0.25, 0.3) is 6.08 Å². The topological polar surface area (TPSA) is 58.9 Å². The van der Waals surface area contributed by atoms with Gasteiger partial charge in [0, 0.05) is 17.0 Å². The third-order valence-corrected chi connectivity index (χ3v) is 5.60. The van der Waals surface area contributed by atoms with Crippen LogP contribution in [0.2, 0.25) is 0 Å². The zero-order chi connectivity index (χ0) is 20.8. The summed E-state index contributed by atoms with van der Waals surface area (Å²) >= 11 is 0. The molecular weight excluding hydrogens is 364 g/mol. The van der Waals surface area contributed by atoms with Gasteiger partial charge in [-0.1, -0.05) is 23.8 Å². The van der Waals surface area contributed by atoms with E-state index in [1.807, 2.05) is 45.9 Å². The maximum absolute atomic E-state index is 10.9. The number of hydrogen-bond acceptors (Lipinski definition) is 4. The molecule has 0 bridgehead atoms. The molecule has 0 aliphatic carbocycles. The van der Waals surface area contributed by atoms with Crippen molar-refractivity contribution >= 4 is 6.08 Å². The summed E-state index contributed by atoms with van der Waals surface area (Å²) in [5.74, 6) is 2.03. The Balaban J connectivity index is 1.65. The molecule has 0 aromatic heterocycles. The van der Waals surface area contributed by atoms with Crippen LogP contribution in [0, 0.1) is 0 Å². The number of phenolic OH excluding ortho intramolecular Hbond substituents is 2. The summed E-state index contributed by atoms with van der Waals surface area (Å²) in [5, 5.41) is 21.1. The third kappa shape index (κ3) is 3.71. The van der Waals surface area contributed by atoms with E-state index in [1.165, 1.54) is 0 Å². The first kappa shape index (κ1) is 19.4. The molecule has 0 radical (unpaired) electrons. The van der Waals surface area contributed by atoms with Crippen LogP contribution in [0.4, 0.5) is 0 Å². The third-order valence-electron chi connectivity index (χ3n) is 5.60. The van der Waals surface area contributed by atoms with E-state index in [2.05, 4.69) is 12.1 Å². The Hall–Kier alpha value is -2.88. The van der Waals surface area contributed by atoms with E-state index in [0.29, 0.717) is 18.6 Å². The SMILES string of the molecule is CC(C)=CCc1c(O)ccc(C2COc3c(ccc4c3C=CC(C)(C)O4)C2)c1O. The second-order valence-corrected chi connectivity index (χ2v) is 8.70. The number of phenols is 2. The summed E-state index contributed by atoms with van der Waals surface area (Å²) in [6.07, 6.45) is 7.40. The van der Waals surface area contributed by atoms with Crippen molar-refractivity contribution in [2.45, 2.75) is 52.1 Å². The fourth-order valence-electron chi connectivity index (χ4n) is 3.99. The second kappa shape index (κ2) is 7.18. The van der Waals surface area contributed by atoms with Crippen LogP contribution >= 0.6 is 0 Å². The van der Waals surface area contributed by atoms with Crippen molar-refractivity contribution < 1.29 is 19.7 Å². The highest BCUT2D eigenvalue weighted by Gasteiger charge is 2.30. The molecule has 0 fully saturated rings. The highest BCUT2D eigenvalue weighted by molar-refractivity contribution is 5.69. The summed E-state index contributed by atoms with van der Waals surface area (Å²) in [4.78, 5) is 0. The van der Waals surface area contributed by atoms with Crippen LogP contribution in [0.1, 0.15) is 55.9 Å². The Labute approximate surface area is 172 Å². The molecule has 2 aromatic carbocycles. The molecule has 0 saturated carbocycles. The van der Waals surface area contributed by atoms with Gasteiger partial charge >= 0.3 is 0 Å². The Bertz CT molecular complexity index is 1010. The lowest BCUT2D eigenvalue weighted by molar-refractivity contribution is 0.157. The summed E-state index contributed by atoms with van der Waals surface area (Å²) in [7, 11) is 0. The van der Waals surface area contributed by atoms with Crippen LogP contribution < -0.4 is 9.47 Å². The van der Waals surface area contributed by atoms with Gasteiger partial charge in [-0.15, -0.1) is 0 Å². The van der Waals surface area contributed by atoms with Crippen LogP contribution in [-0.4, -0.2) is 22.4 Å². The molecule has 2 aromatic rings. The molecular formula is C25H28O4. The molecule has 152 valence electrons. The molecule has 1 unspecified atom stereocenters. The Morgan fingerprint density at radius 1 is 1.17 bits per heavy atom. The van der Waals surface area contributed by atoms with Gasteiger partial charge in [0.15, 0.2) is 0 Å². The molecule has 1 atom stereocenters. The van der Waals surface area contributed by atoms with Gasteiger partial charge in [0.05, 0.1) is 12.2 Å². The molecule has 2 N–H and O–H groups in total. The standard InChI is InChI=1S/C25H28O4/c1-15(2)5-7-19-21(26)9-8-18(23(19)27)17-13-16-6-10-22-20(24(16)28-14-17)11-12-25(3,4)29-22/h5-6,8-12,17,26-27H,7,13-14H2,1-4H3. The quantitative estimate of drug-likeness (QED) is 0.676. The summed E-state index contributed by atoms with van der Waals surface area (Å²) in [6, 6.07) is 7.53. The molecule has 4 nitrogen and oxygen atoms in total. The van der Waals surface area contributed by atoms with E-state index in [-0.39, 0.29) is 23.0 Å². The molecule has 4 heteroatoms. The van der Waals surface area contributed by atoms with Crippen molar-refractivity contribution in [3.63, 3.8) is 0 Å². The summed E-state index contributed by atoms with van der Waals surface area (Å²) in [6.45, 7) is 8.54. The predicted molar refractivity (Wildman–Crippen MR) is 115 cm³/mol. The number of benzene rings is 2. The average molecular weight is 392 g/mol. The van der Waals surface area contributed by atoms with Gasteiger partial charge < -0.3 is 19.7 Å². The van der Waals surface area contributed by atoms with Crippen molar-refractivity contribution in [1.29, 1.82) is 0 Å². The minimum absolute atomic E-state index is 0.0246. The van der Waals surface area contributed by atoms with Gasteiger partial charge in [-0.3, -0.25) is 0 Å². The summed E-state index contributed by atoms with van der Waals surface area (Å²) in [5.41, 5.74) is 4.30. The van der Waals surface area contributed by atoms with Crippen LogP contribution in [0.15, 0.2) is 42.0 Å². The first-order chi connectivity index (χ1) is 13.7. The van der Waals surface area contributed by atoms with Gasteiger partial charge in [-0.05, 0) is 70.4 Å². The van der Waals surface area contributed by atoms with Crippen LogP contribution in [0.5, 0.6) is 23.0 Å². The normalized spacial score (nSPS) is 18.8. The fourth-order valence-corrected chi connectivity index (χ4v) is 3.99. The van der Waals surface area contributed by atoms with Gasteiger partial charge in [0.1, 0.15) is 28.6 Å². The Morgan fingerprint density at radius 2 is 1.97 bits per heavy atom. The smallest absolute Gasteiger partial charge is 0.133 e. The number of hydrogen-bond donors (Lipinski definition) is 2. The van der Waals surface area contributed by atoms with E-state index < -0.39 is 0 Å². The van der Waals surface area contributed by atoms with E-state index >= 15 is 0 Å². The molecule has 2 aliphatic rings. The van der Waals surface area contributed by atoms with Crippen molar-refractivity contribution in [2.24, 2.45) is 0 Å². The minimum Gasteiger partial charge on any atom is -0.508 e. The lowest BCUT2D eigenvalue weighted by Crippen LogP contribution is -2.28. The monoisotopic (exact) mass is 392 g/mol. The highest BCUT2D eigenvalue weighted by atomic mass is 16.5. The van der Waals surface area contributed by atoms with Crippen molar-refractivity contribution in [3.05, 3.63) is 64.2 Å². The second-order valence-electron chi connectivity index (χ2n) is 8.70. The number of rotatable bonds is 3. The zero-order valence-electron chi connectivity index (χ0n) is 17.5. The van der Waals surface area contributed by atoms with Gasteiger partial charge in [-0.25, -0.2) is 0 Å². The maximum atomic E-state index is 10.9. The molecule has 4 rings (SSSR count). The molecule has 0 saturated heterocycles. The molecule has 29 heavy (non-hydrogen) atoms. The Morgan fingerprint density at radius 3 is 2.72 bits per heavy atom. The van der Waals surface area contributed by atoms with E-state index in [1.54, 1.807) is 12.1 Å². The van der Waals surface area contributed by atoms with Crippen molar-refractivity contribution in [2.75, 3.05) is 6.61 Å². The van der Waals surface area contributed by atoms with Gasteiger partial charge in [-0.2, -0.15) is 0 Å². The lowest BCUT2D eigenvalue weighted by atomic mass is 9.86. The average Bonchev–Trinajstić information content (AvgIpc) is 2.66. The number of fused-ring (bicyclic) bond motifs is 3. The maximum Gasteiger partial charge on any atom is 0.133 e. The zero-order valence-corrected chi connectivity index (χ0v) is 17.5. The van der Waals surface area contributed by atoms with Gasteiger partial charge in [0.25, 0.3) is 0 Å². The molecule has 0 amide bonds. The minimum atomic E-state index is -0.321. The Kier molecular flexibility index (Phi) is 4.81. The first-order valence-corrected chi connectivity index (χ1v) is 10.1. The highest BCUT2D eigenvalue weighted by Crippen LogP contribution is 2.45. The number of ether oxygens (including phenoxy) is 2.